The van der Waals surface area contributed by atoms with Gasteiger partial charge in [-0.25, -0.2) is 9.59 Å². The molecule has 178 valence electrons. The number of aromatic nitrogens is 3. The van der Waals surface area contributed by atoms with Crippen LogP contribution in [0.2, 0.25) is 0 Å². The molecule has 9 nitrogen and oxygen atoms in total. The molecule has 3 aromatic heterocycles. The summed E-state index contributed by atoms with van der Waals surface area (Å²) in [5, 5.41) is 13.1. The van der Waals surface area contributed by atoms with E-state index in [0.29, 0.717) is 21.0 Å². The largest absolute Gasteiger partial charge is 0.505 e. The van der Waals surface area contributed by atoms with Gasteiger partial charge in [-0.2, -0.15) is 0 Å². The number of methoxy groups -OCH3 is 1. The number of aromatic hydroxyl groups is 1. The number of thiophene rings is 1. The highest BCUT2D eigenvalue weighted by atomic mass is 32.1. The Morgan fingerprint density at radius 1 is 1.06 bits per heavy atom. The molecule has 0 aliphatic carbocycles. The van der Waals surface area contributed by atoms with Gasteiger partial charge in [0.25, 0.3) is 5.56 Å². The van der Waals surface area contributed by atoms with Crippen molar-refractivity contribution >= 4 is 39.1 Å². The Kier molecular flexibility index (Phi) is 5.45. The summed E-state index contributed by atoms with van der Waals surface area (Å²) in [6.45, 7) is 3.54. The molecule has 3 heterocycles. The zero-order chi connectivity index (χ0) is 24.9. The number of fused-ring (bicyclic) bond motifs is 2. The van der Waals surface area contributed by atoms with Gasteiger partial charge in [-0.15, -0.1) is 11.3 Å². The summed E-state index contributed by atoms with van der Waals surface area (Å²) in [4.78, 5) is 46.2. The Hall–Kier alpha value is -4.31. The van der Waals surface area contributed by atoms with E-state index in [9.17, 15) is 19.5 Å². The Morgan fingerprint density at radius 2 is 1.80 bits per heavy atom. The normalized spacial score (nSPS) is 11.3. The number of benzene rings is 2. The SMILES string of the molecule is CCOC(=O)c1c(C)sc(-c2c(-c3ccc4cc(OC)ccc4c3)[nH]c3[nH]c(=O)[nH]c(=O)c23)c1O. The molecule has 0 aliphatic rings. The van der Waals surface area contributed by atoms with Gasteiger partial charge < -0.3 is 19.6 Å². The summed E-state index contributed by atoms with van der Waals surface area (Å²) < 4.78 is 10.4. The summed E-state index contributed by atoms with van der Waals surface area (Å²) in [5.74, 6) is -0.191. The lowest BCUT2D eigenvalue weighted by molar-refractivity contribution is 0.0523. The molecule has 0 unspecified atom stereocenters. The smallest absolute Gasteiger partial charge is 0.343 e. The van der Waals surface area contributed by atoms with Crippen LogP contribution in [0.5, 0.6) is 11.5 Å². The predicted octanol–water partition coefficient (Wildman–Crippen LogP) is 4.29. The van der Waals surface area contributed by atoms with Crippen LogP contribution < -0.4 is 16.0 Å². The van der Waals surface area contributed by atoms with E-state index in [-0.39, 0.29) is 29.0 Å². The van der Waals surface area contributed by atoms with E-state index in [2.05, 4.69) is 15.0 Å². The number of aromatic amines is 3. The first-order chi connectivity index (χ1) is 16.8. The number of hydrogen-bond donors (Lipinski definition) is 4. The fraction of sp³-hybridized carbons (Fsp3) is 0.160. The number of nitrogens with one attached hydrogen (secondary N) is 3. The zero-order valence-electron chi connectivity index (χ0n) is 19.1. The minimum atomic E-state index is -0.661. The molecule has 0 aliphatic heterocycles. The minimum Gasteiger partial charge on any atom is -0.505 e. The van der Waals surface area contributed by atoms with Gasteiger partial charge in [-0.05, 0) is 48.4 Å². The molecule has 0 saturated heterocycles. The van der Waals surface area contributed by atoms with Crippen molar-refractivity contribution in [3.05, 3.63) is 67.7 Å². The second kappa shape index (κ2) is 8.48. The average molecular weight is 492 g/mol. The molecular formula is C25H21N3O6S. The van der Waals surface area contributed by atoms with Crippen LogP contribution >= 0.6 is 11.3 Å². The van der Waals surface area contributed by atoms with E-state index in [1.165, 1.54) is 11.3 Å². The number of ether oxygens (including phenoxy) is 2. The highest BCUT2D eigenvalue weighted by molar-refractivity contribution is 7.16. The molecule has 0 bridgehead atoms. The molecule has 4 N–H and O–H groups in total. The summed E-state index contributed by atoms with van der Waals surface area (Å²) in [6.07, 6.45) is 0. The lowest BCUT2D eigenvalue weighted by Crippen LogP contribution is -2.21. The number of carbonyl (C=O) groups excluding carboxylic acids is 1. The molecule has 0 saturated carbocycles. The van der Waals surface area contributed by atoms with Crippen molar-refractivity contribution in [3.8, 4) is 33.2 Å². The lowest BCUT2D eigenvalue weighted by atomic mass is 10.0. The van der Waals surface area contributed by atoms with Gasteiger partial charge in [-0.1, -0.05) is 18.2 Å². The third-order valence-electron chi connectivity index (χ3n) is 5.79. The standard InChI is InChI=1S/C25H21N3O6S/c1-4-34-24(31)16-11(2)35-21(20(16)29)17-18-22(27-25(32)28-23(18)30)26-19(17)14-6-5-13-10-15(33-3)8-7-12(13)9-14/h5-10,29H,4H2,1-3H3,(H3,26,27,28,30,32). The van der Waals surface area contributed by atoms with Crippen molar-refractivity contribution in [2.45, 2.75) is 13.8 Å². The van der Waals surface area contributed by atoms with E-state index >= 15 is 0 Å². The highest BCUT2D eigenvalue weighted by Gasteiger charge is 2.28. The number of rotatable bonds is 5. The number of hydrogen-bond acceptors (Lipinski definition) is 7. The monoisotopic (exact) mass is 491 g/mol. The minimum absolute atomic E-state index is 0.0543. The maximum Gasteiger partial charge on any atom is 0.343 e. The molecule has 35 heavy (non-hydrogen) atoms. The van der Waals surface area contributed by atoms with Crippen molar-refractivity contribution in [2.24, 2.45) is 0 Å². The van der Waals surface area contributed by atoms with Crippen LogP contribution in [0.1, 0.15) is 22.2 Å². The highest BCUT2D eigenvalue weighted by Crippen LogP contribution is 2.47. The molecule has 0 atom stereocenters. The Bertz CT molecular complexity index is 1740. The first-order valence-electron chi connectivity index (χ1n) is 10.8. The van der Waals surface area contributed by atoms with Gasteiger partial charge in [0, 0.05) is 10.4 Å². The summed E-state index contributed by atoms with van der Waals surface area (Å²) in [7, 11) is 1.60. The Morgan fingerprint density at radius 3 is 2.54 bits per heavy atom. The van der Waals surface area contributed by atoms with Gasteiger partial charge >= 0.3 is 11.7 Å². The second-order valence-electron chi connectivity index (χ2n) is 7.89. The van der Waals surface area contributed by atoms with Crippen LogP contribution in [-0.2, 0) is 4.74 Å². The van der Waals surface area contributed by atoms with Crippen LogP contribution in [0.25, 0.3) is 43.5 Å². The topological polar surface area (TPSA) is 137 Å². The van der Waals surface area contributed by atoms with Gasteiger partial charge in [-0.3, -0.25) is 14.8 Å². The molecule has 10 heteroatoms. The molecule has 5 rings (SSSR count). The van der Waals surface area contributed by atoms with Gasteiger partial charge in [0.1, 0.15) is 22.7 Å². The van der Waals surface area contributed by atoms with Crippen molar-refractivity contribution in [2.75, 3.05) is 13.7 Å². The van der Waals surface area contributed by atoms with Gasteiger partial charge in [0.05, 0.1) is 29.7 Å². The third-order valence-corrected chi connectivity index (χ3v) is 6.91. The van der Waals surface area contributed by atoms with Crippen LogP contribution in [0, 0.1) is 6.92 Å². The van der Waals surface area contributed by atoms with Crippen molar-refractivity contribution in [1.29, 1.82) is 0 Å². The zero-order valence-corrected chi connectivity index (χ0v) is 19.9. The van der Waals surface area contributed by atoms with Crippen LogP contribution in [0.4, 0.5) is 0 Å². The maximum atomic E-state index is 12.9. The van der Waals surface area contributed by atoms with E-state index in [0.717, 1.165) is 22.1 Å². The predicted molar refractivity (Wildman–Crippen MR) is 135 cm³/mol. The quantitative estimate of drug-likeness (QED) is 0.271. The first kappa shape index (κ1) is 22.5. The summed E-state index contributed by atoms with van der Waals surface area (Å²) in [6, 6.07) is 11.4. The average Bonchev–Trinajstić information content (AvgIpc) is 3.35. The van der Waals surface area contributed by atoms with Crippen LogP contribution in [0.3, 0.4) is 0 Å². The number of carbonyl (C=O) groups is 1. The van der Waals surface area contributed by atoms with Crippen molar-refractivity contribution in [1.82, 2.24) is 15.0 Å². The Balaban J connectivity index is 1.82. The van der Waals surface area contributed by atoms with Gasteiger partial charge in [0.15, 0.2) is 0 Å². The molecule has 5 aromatic rings. The molecule has 0 spiro atoms. The van der Waals surface area contributed by atoms with Crippen LogP contribution in [-0.4, -0.2) is 39.7 Å². The lowest BCUT2D eigenvalue weighted by Gasteiger charge is -2.07. The molecule has 2 aromatic carbocycles. The summed E-state index contributed by atoms with van der Waals surface area (Å²) in [5.41, 5.74) is 0.599. The number of aryl methyl sites for hydroxylation is 1. The van der Waals surface area contributed by atoms with E-state index in [1.807, 2.05) is 36.4 Å². The fourth-order valence-electron chi connectivity index (χ4n) is 4.23. The van der Waals surface area contributed by atoms with Crippen molar-refractivity contribution in [3.63, 3.8) is 0 Å². The van der Waals surface area contributed by atoms with E-state index < -0.39 is 17.2 Å². The second-order valence-corrected chi connectivity index (χ2v) is 9.12. The fourth-order valence-corrected chi connectivity index (χ4v) is 5.32. The number of esters is 1. The summed E-state index contributed by atoms with van der Waals surface area (Å²) >= 11 is 1.17. The molecule has 0 amide bonds. The molecule has 0 radical (unpaired) electrons. The molecular weight excluding hydrogens is 470 g/mol. The van der Waals surface area contributed by atoms with Crippen LogP contribution in [0.15, 0.2) is 46.0 Å². The Labute approximate surface area is 202 Å². The first-order valence-corrected chi connectivity index (χ1v) is 11.6. The molecule has 0 fully saturated rings. The van der Waals surface area contributed by atoms with Gasteiger partial charge in [0.2, 0.25) is 0 Å². The number of H-pyrrole nitrogens is 3. The van der Waals surface area contributed by atoms with E-state index in [4.69, 9.17) is 9.47 Å². The third kappa shape index (κ3) is 3.68. The van der Waals surface area contributed by atoms with E-state index in [1.54, 1.807) is 21.0 Å². The van der Waals surface area contributed by atoms with Crippen molar-refractivity contribution < 1.29 is 19.4 Å². The maximum absolute atomic E-state index is 12.9.